The molecule has 0 atom stereocenters. The van der Waals surface area contributed by atoms with Crippen LogP contribution in [0.15, 0.2) is 47.1 Å². The third-order valence-electron chi connectivity index (χ3n) is 2.30. The van der Waals surface area contributed by atoms with Crippen LogP contribution < -0.4 is 0 Å². The number of hydrogen-bond acceptors (Lipinski definition) is 3. The molecule has 5 heteroatoms. The lowest BCUT2D eigenvalue weighted by Crippen LogP contribution is -2.14. The van der Waals surface area contributed by atoms with Crippen LogP contribution in [-0.2, 0) is 0 Å². The van der Waals surface area contributed by atoms with E-state index in [1.165, 1.54) is 18.2 Å². The van der Waals surface area contributed by atoms with Gasteiger partial charge in [-0.1, -0.05) is 15.9 Å². The molecule has 90 valence electrons. The predicted molar refractivity (Wildman–Crippen MR) is 67.0 cm³/mol. The zero-order valence-corrected chi connectivity index (χ0v) is 10.6. The molecule has 0 radical (unpaired) electrons. The van der Waals surface area contributed by atoms with E-state index >= 15 is 0 Å². The van der Waals surface area contributed by atoms with Gasteiger partial charge < -0.3 is 0 Å². The molecule has 0 aliphatic carbocycles. The highest BCUT2D eigenvalue weighted by Crippen LogP contribution is 2.13. The first-order valence-electron chi connectivity index (χ1n) is 5.04. The number of rotatable bonds is 3. The number of hydrogen-bond donors (Lipinski definition) is 0. The van der Waals surface area contributed by atoms with Crippen LogP contribution in [0.4, 0.5) is 4.39 Å². The van der Waals surface area contributed by atoms with Gasteiger partial charge in [-0.3, -0.25) is 9.59 Å². The molecule has 0 fully saturated rings. The third kappa shape index (κ3) is 2.68. The normalized spacial score (nSPS) is 10.1. The van der Waals surface area contributed by atoms with Crippen molar-refractivity contribution >= 4 is 27.5 Å². The van der Waals surface area contributed by atoms with Crippen LogP contribution in [0.25, 0.3) is 0 Å². The summed E-state index contributed by atoms with van der Waals surface area (Å²) in [5.41, 5.74) is 0.260. The van der Waals surface area contributed by atoms with Gasteiger partial charge in [0, 0.05) is 27.9 Å². The molecule has 2 aromatic rings. The zero-order chi connectivity index (χ0) is 13.1. The Kier molecular flexibility index (Phi) is 3.62. The van der Waals surface area contributed by atoms with Gasteiger partial charge in [0.25, 0.3) is 0 Å². The van der Waals surface area contributed by atoms with Crippen molar-refractivity contribution in [3.63, 3.8) is 0 Å². The minimum Gasteiger partial charge on any atom is -0.285 e. The summed E-state index contributed by atoms with van der Waals surface area (Å²) in [6, 6.07) is 8.63. The van der Waals surface area contributed by atoms with Gasteiger partial charge in [-0.2, -0.15) is 4.39 Å². The number of carbonyl (C=O) groups excluding carboxylic acids is 2. The molecule has 0 saturated heterocycles. The number of aromatic nitrogens is 1. The van der Waals surface area contributed by atoms with E-state index in [1.807, 2.05) is 0 Å². The Bertz CT molecular complexity index is 611. The van der Waals surface area contributed by atoms with E-state index in [0.29, 0.717) is 0 Å². The maximum Gasteiger partial charge on any atom is 0.233 e. The SMILES string of the molecule is O=C(C(=O)c1ccnc(F)c1)c1ccc(Br)cc1. The molecule has 0 aliphatic heterocycles. The molecule has 0 N–H and O–H groups in total. The van der Waals surface area contributed by atoms with Crippen molar-refractivity contribution in [2.75, 3.05) is 0 Å². The number of pyridine rings is 1. The highest BCUT2D eigenvalue weighted by molar-refractivity contribution is 9.10. The summed E-state index contributed by atoms with van der Waals surface area (Å²) in [4.78, 5) is 27.0. The topological polar surface area (TPSA) is 47.0 Å². The summed E-state index contributed by atoms with van der Waals surface area (Å²) >= 11 is 3.23. The Morgan fingerprint density at radius 2 is 1.61 bits per heavy atom. The van der Waals surface area contributed by atoms with Crippen LogP contribution >= 0.6 is 15.9 Å². The average Bonchev–Trinajstić information content (AvgIpc) is 2.38. The average molecular weight is 308 g/mol. The Balaban J connectivity index is 2.29. The summed E-state index contributed by atoms with van der Waals surface area (Å²) in [7, 11) is 0. The zero-order valence-electron chi connectivity index (χ0n) is 9.06. The quantitative estimate of drug-likeness (QED) is 0.497. The minimum absolute atomic E-state index is 0.00424. The van der Waals surface area contributed by atoms with Crippen LogP contribution in [0, 0.1) is 5.95 Å². The van der Waals surface area contributed by atoms with Crippen molar-refractivity contribution < 1.29 is 14.0 Å². The molecule has 18 heavy (non-hydrogen) atoms. The van der Waals surface area contributed by atoms with E-state index in [0.717, 1.165) is 16.7 Å². The van der Waals surface area contributed by atoms with Crippen LogP contribution in [0.1, 0.15) is 20.7 Å². The molecule has 1 heterocycles. The Morgan fingerprint density at radius 3 is 2.22 bits per heavy atom. The van der Waals surface area contributed by atoms with E-state index < -0.39 is 17.5 Å². The van der Waals surface area contributed by atoms with Gasteiger partial charge in [-0.05, 0) is 30.3 Å². The van der Waals surface area contributed by atoms with Crippen LogP contribution in [0.5, 0.6) is 0 Å². The molecule has 0 amide bonds. The standard InChI is InChI=1S/C13H7BrFNO2/c14-10-3-1-8(2-4-10)12(17)13(18)9-5-6-16-11(15)7-9/h1-7H. The lowest BCUT2D eigenvalue weighted by atomic mass is 10.0. The number of carbonyl (C=O) groups is 2. The highest BCUT2D eigenvalue weighted by Gasteiger charge is 2.18. The van der Waals surface area contributed by atoms with Gasteiger partial charge in [-0.25, -0.2) is 4.98 Å². The van der Waals surface area contributed by atoms with E-state index in [2.05, 4.69) is 20.9 Å². The van der Waals surface area contributed by atoms with Crippen LogP contribution in [0.3, 0.4) is 0 Å². The molecule has 1 aromatic carbocycles. The Labute approximate surface area is 111 Å². The number of halogens is 2. The van der Waals surface area contributed by atoms with Gasteiger partial charge in [0.2, 0.25) is 17.5 Å². The molecular formula is C13H7BrFNO2. The molecule has 1 aromatic heterocycles. The van der Waals surface area contributed by atoms with Gasteiger partial charge >= 0.3 is 0 Å². The van der Waals surface area contributed by atoms with E-state index in [1.54, 1.807) is 12.1 Å². The summed E-state index contributed by atoms with van der Waals surface area (Å²) in [5, 5.41) is 0. The molecule has 0 bridgehead atoms. The number of benzene rings is 1. The molecule has 3 nitrogen and oxygen atoms in total. The summed E-state index contributed by atoms with van der Waals surface area (Å²) in [6.45, 7) is 0. The second-order valence-electron chi connectivity index (χ2n) is 3.53. The lowest BCUT2D eigenvalue weighted by molar-refractivity contribution is 0.0816. The second kappa shape index (κ2) is 5.18. The van der Waals surface area contributed by atoms with Gasteiger partial charge in [0.05, 0.1) is 0 Å². The largest absolute Gasteiger partial charge is 0.285 e. The number of Topliss-reactive ketones (excluding diaryl/α,β-unsaturated/α-hetero) is 2. The van der Waals surface area contributed by atoms with Crippen molar-refractivity contribution in [2.45, 2.75) is 0 Å². The Hall–Kier alpha value is -1.88. The van der Waals surface area contributed by atoms with Crippen molar-refractivity contribution in [3.8, 4) is 0 Å². The third-order valence-corrected chi connectivity index (χ3v) is 2.83. The summed E-state index contributed by atoms with van der Waals surface area (Å²) < 4.78 is 13.7. The number of nitrogens with zero attached hydrogens (tertiary/aromatic N) is 1. The summed E-state index contributed by atoms with van der Waals surface area (Å²) in [5.74, 6) is -2.21. The van der Waals surface area contributed by atoms with Gasteiger partial charge in [0.1, 0.15) is 0 Å². The highest BCUT2D eigenvalue weighted by atomic mass is 79.9. The summed E-state index contributed by atoms with van der Waals surface area (Å²) in [6.07, 6.45) is 1.15. The minimum atomic E-state index is -0.788. The van der Waals surface area contributed by atoms with Crippen LogP contribution in [-0.4, -0.2) is 16.6 Å². The smallest absolute Gasteiger partial charge is 0.233 e. The molecule has 0 aliphatic rings. The van der Waals surface area contributed by atoms with E-state index in [9.17, 15) is 14.0 Å². The molecule has 0 unspecified atom stereocenters. The maximum atomic E-state index is 12.9. The molecule has 0 spiro atoms. The first-order chi connectivity index (χ1) is 8.58. The van der Waals surface area contributed by atoms with Gasteiger partial charge in [0.15, 0.2) is 0 Å². The second-order valence-corrected chi connectivity index (χ2v) is 4.45. The monoisotopic (exact) mass is 307 g/mol. The lowest BCUT2D eigenvalue weighted by Gasteiger charge is -2.01. The van der Waals surface area contributed by atoms with E-state index in [4.69, 9.17) is 0 Å². The van der Waals surface area contributed by atoms with Crippen molar-refractivity contribution in [3.05, 3.63) is 64.1 Å². The van der Waals surface area contributed by atoms with Gasteiger partial charge in [-0.15, -0.1) is 0 Å². The maximum absolute atomic E-state index is 12.9. The van der Waals surface area contributed by atoms with Crippen LogP contribution in [0.2, 0.25) is 0 Å². The predicted octanol–water partition coefficient (Wildman–Crippen LogP) is 3.05. The number of ketones is 2. The van der Waals surface area contributed by atoms with Crippen molar-refractivity contribution in [2.24, 2.45) is 0 Å². The van der Waals surface area contributed by atoms with E-state index in [-0.39, 0.29) is 11.1 Å². The first kappa shape index (κ1) is 12.6. The molecule has 2 rings (SSSR count). The van der Waals surface area contributed by atoms with Crippen molar-refractivity contribution in [1.29, 1.82) is 0 Å². The molecular weight excluding hydrogens is 301 g/mol. The van der Waals surface area contributed by atoms with Crippen molar-refractivity contribution in [1.82, 2.24) is 4.98 Å². The Morgan fingerprint density at radius 1 is 1.00 bits per heavy atom. The fraction of sp³-hybridized carbons (Fsp3) is 0. The fourth-order valence-corrected chi connectivity index (χ4v) is 1.67. The fourth-order valence-electron chi connectivity index (χ4n) is 1.41. The molecule has 0 saturated carbocycles. The first-order valence-corrected chi connectivity index (χ1v) is 5.83.